The predicted molar refractivity (Wildman–Crippen MR) is 98.3 cm³/mol. The highest BCUT2D eigenvalue weighted by molar-refractivity contribution is 5.88. The molecule has 1 aromatic carbocycles. The van der Waals surface area contributed by atoms with Crippen molar-refractivity contribution in [3.05, 3.63) is 54.1 Å². The van der Waals surface area contributed by atoms with E-state index < -0.39 is 6.04 Å². The van der Waals surface area contributed by atoms with Crippen molar-refractivity contribution in [2.75, 3.05) is 27.2 Å². The van der Waals surface area contributed by atoms with Crippen LogP contribution in [0.4, 0.5) is 0 Å². The molecule has 1 aliphatic heterocycles. The van der Waals surface area contributed by atoms with Crippen LogP contribution in [0.3, 0.4) is 0 Å². The lowest BCUT2D eigenvalue weighted by atomic mass is 10.1. The summed E-state index contributed by atoms with van der Waals surface area (Å²) in [5.41, 5.74) is 1.18. The fourth-order valence-corrected chi connectivity index (χ4v) is 3.12. The molecule has 1 atom stereocenters. The van der Waals surface area contributed by atoms with Crippen LogP contribution in [0.2, 0.25) is 0 Å². The zero-order valence-corrected chi connectivity index (χ0v) is 15.3. The Kier molecular flexibility index (Phi) is 5.68. The Balaban J connectivity index is 1.61. The van der Waals surface area contributed by atoms with Crippen molar-refractivity contribution in [3.63, 3.8) is 0 Å². The van der Waals surface area contributed by atoms with Crippen LogP contribution in [-0.4, -0.2) is 64.4 Å². The Bertz CT molecular complexity index is 758. The third-order valence-electron chi connectivity index (χ3n) is 4.77. The van der Waals surface area contributed by atoms with E-state index in [0.29, 0.717) is 19.6 Å². The molecular weight excluding hydrogens is 330 g/mol. The van der Waals surface area contributed by atoms with Gasteiger partial charge in [-0.1, -0.05) is 30.3 Å². The maximum Gasteiger partial charge on any atom is 0.237 e. The Morgan fingerprint density at radius 2 is 2.12 bits per heavy atom. The average Bonchev–Trinajstić information content (AvgIpc) is 3.05. The number of nitrogens with one attached hydrogen (secondary N) is 1. The summed E-state index contributed by atoms with van der Waals surface area (Å²) in [6.45, 7) is 2.52. The first-order valence-electron chi connectivity index (χ1n) is 8.80. The normalized spacial score (nSPS) is 17.8. The molecule has 0 aliphatic carbocycles. The summed E-state index contributed by atoms with van der Waals surface area (Å²) < 4.78 is 2.04. The second-order valence-corrected chi connectivity index (χ2v) is 6.70. The summed E-state index contributed by atoms with van der Waals surface area (Å²) in [5, 5.41) is 2.82. The van der Waals surface area contributed by atoms with Gasteiger partial charge in [-0.25, -0.2) is 4.98 Å². The van der Waals surface area contributed by atoms with E-state index in [9.17, 15) is 9.59 Å². The summed E-state index contributed by atoms with van der Waals surface area (Å²) in [5.74, 6) is 0.686. The minimum absolute atomic E-state index is 0.0619. The molecule has 0 radical (unpaired) electrons. The van der Waals surface area contributed by atoms with Crippen LogP contribution >= 0.6 is 0 Å². The summed E-state index contributed by atoms with van der Waals surface area (Å²) >= 11 is 0. The lowest BCUT2D eigenvalue weighted by Crippen LogP contribution is -2.54. The first-order valence-corrected chi connectivity index (χ1v) is 8.80. The molecule has 0 bridgehead atoms. The van der Waals surface area contributed by atoms with Crippen LogP contribution in [-0.2, 0) is 22.7 Å². The maximum absolute atomic E-state index is 12.6. The van der Waals surface area contributed by atoms with Crippen LogP contribution < -0.4 is 5.32 Å². The zero-order chi connectivity index (χ0) is 18.5. The highest BCUT2D eigenvalue weighted by Gasteiger charge is 2.30. The number of piperazine rings is 1. The number of carbonyl (C=O) groups excluding carboxylic acids is 2. The average molecular weight is 355 g/mol. The molecule has 1 N–H and O–H groups in total. The lowest BCUT2D eigenvalue weighted by Gasteiger charge is -2.32. The second kappa shape index (κ2) is 8.14. The number of rotatable bonds is 6. The molecule has 7 heteroatoms. The molecule has 1 aromatic heterocycles. The van der Waals surface area contributed by atoms with Crippen molar-refractivity contribution >= 4 is 11.8 Å². The Morgan fingerprint density at radius 1 is 1.35 bits per heavy atom. The molecule has 1 aliphatic rings. The molecule has 2 amide bonds. The molecule has 7 nitrogen and oxygen atoms in total. The fourth-order valence-electron chi connectivity index (χ4n) is 3.12. The van der Waals surface area contributed by atoms with Crippen LogP contribution in [0.1, 0.15) is 17.8 Å². The SMILES string of the molecule is CN(Cc1nccn1Cc1ccccc1)C(=O)C[C@H]1C(=O)NCCN1C. The third-order valence-corrected chi connectivity index (χ3v) is 4.77. The van der Waals surface area contributed by atoms with Crippen LogP contribution in [0.5, 0.6) is 0 Å². The van der Waals surface area contributed by atoms with E-state index in [1.54, 1.807) is 18.1 Å². The largest absolute Gasteiger partial charge is 0.353 e. The number of likely N-dealkylation sites (N-methyl/N-ethyl adjacent to an activating group) is 1. The van der Waals surface area contributed by atoms with E-state index in [0.717, 1.165) is 12.4 Å². The van der Waals surface area contributed by atoms with Crippen molar-refractivity contribution in [1.29, 1.82) is 0 Å². The second-order valence-electron chi connectivity index (χ2n) is 6.70. The van der Waals surface area contributed by atoms with Crippen molar-refractivity contribution in [2.45, 2.75) is 25.6 Å². The molecule has 2 heterocycles. The lowest BCUT2D eigenvalue weighted by molar-refractivity contribution is -0.137. The molecule has 1 saturated heterocycles. The minimum Gasteiger partial charge on any atom is -0.353 e. The first kappa shape index (κ1) is 18.1. The first-order chi connectivity index (χ1) is 12.5. The molecule has 0 unspecified atom stereocenters. The number of carbonyl (C=O) groups is 2. The maximum atomic E-state index is 12.6. The summed E-state index contributed by atoms with van der Waals surface area (Å²) in [6.07, 6.45) is 3.85. The third kappa shape index (κ3) is 4.29. The number of amides is 2. The van der Waals surface area contributed by atoms with Crippen molar-refractivity contribution in [3.8, 4) is 0 Å². The summed E-state index contributed by atoms with van der Waals surface area (Å²) in [6, 6.07) is 9.73. The smallest absolute Gasteiger partial charge is 0.237 e. The van der Waals surface area contributed by atoms with Gasteiger partial charge in [0.05, 0.1) is 19.0 Å². The Hall–Kier alpha value is -2.67. The van der Waals surface area contributed by atoms with Gasteiger partial charge in [-0.2, -0.15) is 0 Å². The number of aromatic nitrogens is 2. The zero-order valence-electron chi connectivity index (χ0n) is 15.3. The summed E-state index contributed by atoms with van der Waals surface area (Å²) in [4.78, 5) is 32.5. The van der Waals surface area contributed by atoms with Gasteiger partial charge < -0.3 is 14.8 Å². The highest BCUT2D eigenvalue weighted by atomic mass is 16.2. The van der Waals surface area contributed by atoms with Gasteiger partial charge >= 0.3 is 0 Å². The monoisotopic (exact) mass is 355 g/mol. The van der Waals surface area contributed by atoms with Gasteiger partial charge in [0.2, 0.25) is 11.8 Å². The number of benzene rings is 1. The van der Waals surface area contributed by atoms with Gasteiger partial charge in [0.1, 0.15) is 5.82 Å². The van der Waals surface area contributed by atoms with Crippen molar-refractivity contribution in [1.82, 2.24) is 24.7 Å². The summed E-state index contributed by atoms with van der Waals surface area (Å²) in [7, 11) is 3.63. The van der Waals surface area contributed by atoms with Crippen molar-refractivity contribution in [2.24, 2.45) is 0 Å². The van der Waals surface area contributed by atoms with Crippen LogP contribution in [0.15, 0.2) is 42.7 Å². The molecule has 0 saturated carbocycles. The Morgan fingerprint density at radius 3 is 2.85 bits per heavy atom. The van der Waals surface area contributed by atoms with Crippen LogP contribution in [0.25, 0.3) is 0 Å². The van der Waals surface area contributed by atoms with Crippen molar-refractivity contribution < 1.29 is 9.59 Å². The van der Waals surface area contributed by atoms with E-state index in [-0.39, 0.29) is 18.2 Å². The van der Waals surface area contributed by atoms with E-state index in [1.807, 2.05) is 40.9 Å². The van der Waals surface area contributed by atoms with E-state index in [2.05, 4.69) is 22.4 Å². The minimum atomic E-state index is -0.400. The molecule has 2 aromatic rings. The number of hydrogen-bond acceptors (Lipinski definition) is 4. The quantitative estimate of drug-likeness (QED) is 0.829. The van der Waals surface area contributed by atoms with E-state index in [4.69, 9.17) is 0 Å². The van der Waals surface area contributed by atoms with E-state index >= 15 is 0 Å². The van der Waals surface area contributed by atoms with Gasteiger partial charge in [0, 0.05) is 39.1 Å². The highest BCUT2D eigenvalue weighted by Crippen LogP contribution is 2.11. The molecule has 1 fully saturated rings. The molecule has 138 valence electrons. The molecule has 26 heavy (non-hydrogen) atoms. The van der Waals surface area contributed by atoms with Gasteiger partial charge in [-0.3, -0.25) is 14.5 Å². The topological polar surface area (TPSA) is 70.5 Å². The number of nitrogens with zero attached hydrogens (tertiary/aromatic N) is 4. The predicted octanol–water partition coefficient (Wildman–Crippen LogP) is 0.710. The fraction of sp³-hybridized carbons (Fsp3) is 0.421. The number of hydrogen-bond donors (Lipinski definition) is 1. The Labute approximate surface area is 153 Å². The van der Waals surface area contributed by atoms with E-state index in [1.165, 1.54) is 5.56 Å². The van der Waals surface area contributed by atoms with Gasteiger partial charge in [-0.15, -0.1) is 0 Å². The number of imidazole rings is 1. The molecule has 3 rings (SSSR count). The van der Waals surface area contributed by atoms with Gasteiger partial charge in [0.25, 0.3) is 0 Å². The standard InChI is InChI=1S/C19H25N5O2/c1-22-10-8-21-19(26)16(22)12-18(25)23(2)14-17-20-9-11-24(17)13-15-6-4-3-5-7-15/h3-7,9,11,16H,8,10,12-14H2,1-2H3,(H,21,26)/t16-/m0/s1. The van der Waals surface area contributed by atoms with Gasteiger partial charge in [-0.05, 0) is 12.6 Å². The molecular formula is C19H25N5O2. The van der Waals surface area contributed by atoms with Gasteiger partial charge in [0.15, 0.2) is 0 Å². The molecule has 0 spiro atoms. The van der Waals surface area contributed by atoms with Crippen LogP contribution in [0, 0.1) is 0 Å².